The van der Waals surface area contributed by atoms with E-state index in [4.69, 9.17) is 4.74 Å². The third-order valence-electron chi connectivity index (χ3n) is 3.26. The number of rotatable bonds is 6. The minimum atomic E-state index is 0.0897. The largest absolute Gasteiger partial charge is 0.375 e. The average molecular weight is 186 g/mol. The highest BCUT2D eigenvalue weighted by Crippen LogP contribution is 2.26. The van der Waals surface area contributed by atoms with Crippen LogP contribution in [-0.4, -0.2) is 12.2 Å². The van der Waals surface area contributed by atoms with Gasteiger partial charge in [-0.2, -0.15) is 0 Å². The monoisotopic (exact) mass is 186 g/mol. The lowest BCUT2D eigenvalue weighted by atomic mass is 9.91. The van der Waals surface area contributed by atoms with Gasteiger partial charge >= 0.3 is 0 Å². The van der Waals surface area contributed by atoms with E-state index in [2.05, 4.69) is 41.5 Å². The smallest absolute Gasteiger partial charge is 0.0649 e. The highest BCUT2D eigenvalue weighted by Gasteiger charge is 2.24. The molecule has 0 aliphatic heterocycles. The van der Waals surface area contributed by atoms with Gasteiger partial charge in [-0.05, 0) is 31.6 Å². The second-order valence-corrected chi connectivity index (χ2v) is 4.96. The molecule has 0 amide bonds. The molecule has 0 aromatic rings. The van der Waals surface area contributed by atoms with Crippen molar-refractivity contribution in [2.45, 2.75) is 66.4 Å². The molecule has 0 aromatic heterocycles. The van der Waals surface area contributed by atoms with E-state index in [1.54, 1.807) is 0 Å². The van der Waals surface area contributed by atoms with Gasteiger partial charge < -0.3 is 4.74 Å². The highest BCUT2D eigenvalue weighted by atomic mass is 16.5. The van der Waals surface area contributed by atoms with Crippen LogP contribution in [0.5, 0.6) is 0 Å². The number of hydrogen-bond acceptors (Lipinski definition) is 1. The van der Waals surface area contributed by atoms with Crippen LogP contribution < -0.4 is 0 Å². The van der Waals surface area contributed by atoms with Gasteiger partial charge in [-0.3, -0.25) is 0 Å². The summed E-state index contributed by atoms with van der Waals surface area (Å²) in [5.41, 5.74) is 0.415. The van der Waals surface area contributed by atoms with Crippen LogP contribution in [0.1, 0.15) is 60.8 Å². The molecule has 0 aromatic carbocycles. The van der Waals surface area contributed by atoms with E-state index >= 15 is 0 Å². The Labute approximate surface area is 83.9 Å². The van der Waals surface area contributed by atoms with Crippen molar-refractivity contribution in [3.8, 4) is 0 Å². The van der Waals surface area contributed by atoms with Gasteiger partial charge in [-0.1, -0.05) is 34.6 Å². The zero-order chi connectivity index (χ0) is 10.5. The summed E-state index contributed by atoms with van der Waals surface area (Å²) in [4.78, 5) is 0. The van der Waals surface area contributed by atoms with Crippen molar-refractivity contribution < 1.29 is 4.74 Å². The molecule has 0 radical (unpaired) electrons. The second-order valence-electron chi connectivity index (χ2n) is 4.96. The second kappa shape index (κ2) is 4.99. The molecule has 0 rings (SSSR count). The summed E-state index contributed by atoms with van der Waals surface area (Å²) in [6.07, 6.45) is 3.38. The van der Waals surface area contributed by atoms with Crippen LogP contribution in [0.4, 0.5) is 0 Å². The van der Waals surface area contributed by atoms with Gasteiger partial charge in [-0.15, -0.1) is 0 Å². The zero-order valence-electron chi connectivity index (χ0n) is 10.2. The van der Waals surface area contributed by atoms with Crippen LogP contribution in [0.15, 0.2) is 0 Å². The van der Waals surface area contributed by atoms with Crippen LogP contribution >= 0.6 is 0 Å². The molecular formula is C12H26O. The van der Waals surface area contributed by atoms with E-state index in [0.717, 1.165) is 19.4 Å². The topological polar surface area (TPSA) is 9.23 Å². The first-order valence-corrected chi connectivity index (χ1v) is 5.53. The van der Waals surface area contributed by atoms with E-state index in [0.29, 0.717) is 5.41 Å². The van der Waals surface area contributed by atoms with Crippen molar-refractivity contribution in [2.75, 3.05) is 6.61 Å². The van der Waals surface area contributed by atoms with Crippen molar-refractivity contribution in [1.29, 1.82) is 0 Å². The first kappa shape index (κ1) is 13.0. The normalized spacial score (nSPS) is 13.4. The predicted octanol–water partition coefficient (Wildman–Crippen LogP) is 4.02. The lowest BCUT2D eigenvalue weighted by Crippen LogP contribution is -2.32. The molecule has 0 aliphatic carbocycles. The summed E-state index contributed by atoms with van der Waals surface area (Å²) in [7, 11) is 0. The van der Waals surface area contributed by atoms with E-state index in [1.165, 1.54) is 6.42 Å². The van der Waals surface area contributed by atoms with Gasteiger partial charge in [0.15, 0.2) is 0 Å². The van der Waals surface area contributed by atoms with Gasteiger partial charge in [0.2, 0.25) is 0 Å². The molecule has 0 aliphatic rings. The van der Waals surface area contributed by atoms with E-state index in [-0.39, 0.29) is 5.60 Å². The first-order valence-electron chi connectivity index (χ1n) is 5.53. The molecule has 0 N–H and O–H groups in total. The molecule has 0 spiro atoms. The molecule has 0 bridgehead atoms. The summed E-state index contributed by atoms with van der Waals surface area (Å²) >= 11 is 0. The maximum Gasteiger partial charge on any atom is 0.0649 e. The maximum absolute atomic E-state index is 5.98. The molecule has 0 fully saturated rings. The Balaban J connectivity index is 3.99. The fourth-order valence-corrected chi connectivity index (χ4v) is 0.926. The molecule has 0 atom stereocenters. The first-order chi connectivity index (χ1) is 5.89. The molecule has 13 heavy (non-hydrogen) atoms. The Bertz CT molecular complexity index is 134. The molecule has 1 heteroatoms. The third-order valence-corrected chi connectivity index (χ3v) is 3.26. The SMILES string of the molecule is CCC(C)(C)COC(C)(CC)CC. The lowest BCUT2D eigenvalue weighted by molar-refractivity contribution is -0.0710. The average Bonchev–Trinajstić information content (AvgIpc) is 2.14. The van der Waals surface area contributed by atoms with Crippen LogP contribution in [0, 0.1) is 5.41 Å². The van der Waals surface area contributed by atoms with E-state index in [9.17, 15) is 0 Å². The van der Waals surface area contributed by atoms with Gasteiger partial charge in [0.05, 0.1) is 12.2 Å². The molecule has 80 valence electrons. The van der Waals surface area contributed by atoms with Gasteiger partial charge in [0.1, 0.15) is 0 Å². The van der Waals surface area contributed by atoms with Crippen LogP contribution in [0.25, 0.3) is 0 Å². The Morgan fingerprint density at radius 1 is 0.846 bits per heavy atom. The summed E-state index contributed by atoms with van der Waals surface area (Å²) in [6.45, 7) is 14.2. The Morgan fingerprint density at radius 3 is 1.62 bits per heavy atom. The Hall–Kier alpha value is -0.0400. The standard InChI is InChI=1S/C12H26O/c1-7-11(4,5)10-13-12(6,8-2)9-3/h7-10H2,1-6H3. The quantitative estimate of drug-likeness (QED) is 0.609. The van der Waals surface area contributed by atoms with Gasteiger partial charge in [0.25, 0.3) is 0 Å². The fourth-order valence-electron chi connectivity index (χ4n) is 0.926. The third kappa shape index (κ3) is 4.66. The maximum atomic E-state index is 5.98. The van der Waals surface area contributed by atoms with E-state index in [1.807, 2.05) is 0 Å². The molecule has 0 saturated heterocycles. The number of ether oxygens (including phenoxy) is 1. The van der Waals surface area contributed by atoms with E-state index < -0.39 is 0 Å². The molecule has 0 heterocycles. The molecule has 0 unspecified atom stereocenters. The summed E-state index contributed by atoms with van der Waals surface area (Å²) in [6, 6.07) is 0. The summed E-state index contributed by atoms with van der Waals surface area (Å²) in [5.74, 6) is 0. The van der Waals surface area contributed by atoms with Crippen molar-refractivity contribution >= 4 is 0 Å². The van der Waals surface area contributed by atoms with Crippen molar-refractivity contribution in [3.63, 3.8) is 0 Å². The zero-order valence-corrected chi connectivity index (χ0v) is 10.2. The van der Waals surface area contributed by atoms with Gasteiger partial charge in [0, 0.05) is 0 Å². The predicted molar refractivity (Wildman–Crippen MR) is 59.0 cm³/mol. The van der Waals surface area contributed by atoms with Crippen LogP contribution in [0.2, 0.25) is 0 Å². The Kier molecular flexibility index (Phi) is 4.98. The van der Waals surface area contributed by atoms with Crippen LogP contribution in [-0.2, 0) is 4.74 Å². The number of hydrogen-bond donors (Lipinski definition) is 0. The molecule has 1 nitrogen and oxygen atoms in total. The van der Waals surface area contributed by atoms with Crippen molar-refractivity contribution in [2.24, 2.45) is 5.41 Å². The van der Waals surface area contributed by atoms with Crippen molar-refractivity contribution in [3.05, 3.63) is 0 Å². The fraction of sp³-hybridized carbons (Fsp3) is 1.00. The van der Waals surface area contributed by atoms with Gasteiger partial charge in [-0.25, -0.2) is 0 Å². The minimum Gasteiger partial charge on any atom is -0.375 e. The highest BCUT2D eigenvalue weighted by molar-refractivity contribution is 4.74. The van der Waals surface area contributed by atoms with Crippen LogP contribution in [0.3, 0.4) is 0 Å². The molecular weight excluding hydrogens is 160 g/mol. The summed E-state index contributed by atoms with van der Waals surface area (Å²) < 4.78 is 5.98. The lowest BCUT2D eigenvalue weighted by Gasteiger charge is -2.32. The van der Waals surface area contributed by atoms with Crippen molar-refractivity contribution in [1.82, 2.24) is 0 Å². The Morgan fingerprint density at radius 2 is 1.31 bits per heavy atom. The molecule has 0 saturated carbocycles. The minimum absolute atomic E-state index is 0.0897. The summed E-state index contributed by atoms with van der Waals surface area (Å²) in [5, 5.41) is 0.